The van der Waals surface area contributed by atoms with Crippen LogP contribution >= 0.6 is 0 Å². The first-order chi connectivity index (χ1) is 12.5. The normalized spacial score (nSPS) is 32.3. The van der Waals surface area contributed by atoms with Crippen LogP contribution in [0.5, 0.6) is 0 Å². The van der Waals surface area contributed by atoms with Crippen molar-refractivity contribution < 1.29 is 48.7 Å². The fourth-order valence-electron chi connectivity index (χ4n) is 2.59. The van der Waals surface area contributed by atoms with Crippen LogP contribution in [0.15, 0.2) is 10.7 Å². The molecule has 1 aromatic rings. The van der Waals surface area contributed by atoms with E-state index in [2.05, 4.69) is 10.6 Å². The monoisotopic (exact) mass is 377 g/mol. The highest BCUT2D eigenvalue weighted by molar-refractivity contribution is 5.82. The molecule has 13 nitrogen and oxygen atoms in total. The van der Waals surface area contributed by atoms with Crippen molar-refractivity contribution in [2.75, 3.05) is 43.2 Å². The molecule has 0 saturated carbocycles. The van der Waals surface area contributed by atoms with E-state index >= 15 is 0 Å². The zero-order chi connectivity index (χ0) is 18.7. The quantitative estimate of drug-likeness (QED) is 0.327. The van der Waals surface area contributed by atoms with Crippen LogP contribution in [0.2, 0.25) is 0 Å². The van der Waals surface area contributed by atoms with Crippen molar-refractivity contribution in [2.24, 2.45) is 0 Å². The van der Waals surface area contributed by atoms with Gasteiger partial charge in [-0.3, -0.25) is 9.84 Å². The van der Waals surface area contributed by atoms with Gasteiger partial charge in [-0.1, -0.05) is 0 Å². The molecular weight excluding hydrogens is 356 g/mol. The van der Waals surface area contributed by atoms with Gasteiger partial charge in [0, 0.05) is 0 Å². The van der Waals surface area contributed by atoms with E-state index in [9.17, 15) is 20.1 Å². The summed E-state index contributed by atoms with van der Waals surface area (Å²) >= 11 is 0. The van der Waals surface area contributed by atoms with Crippen molar-refractivity contribution in [2.45, 2.75) is 30.7 Å². The van der Waals surface area contributed by atoms with Crippen LogP contribution in [0.25, 0.3) is 0 Å². The average Bonchev–Trinajstić information content (AvgIpc) is 3.11. The first-order valence-corrected chi connectivity index (χ1v) is 7.99. The molecule has 146 valence electrons. The summed E-state index contributed by atoms with van der Waals surface area (Å²) in [5, 5.41) is 46.1. The molecule has 5 N–H and O–H groups in total. The highest BCUT2D eigenvalue weighted by Crippen LogP contribution is 2.22. The Kier molecular flexibility index (Phi) is 5.85. The van der Waals surface area contributed by atoms with Crippen LogP contribution in [0, 0.1) is 0 Å². The molecule has 2 aliphatic heterocycles. The maximum atomic E-state index is 11.9. The van der Waals surface area contributed by atoms with Gasteiger partial charge < -0.3 is 34.6 Å². The van der Waals surface area contributed by atoms with Gasteiger partial charge in [-0.2, -0.15) is 0 Å². The molecule has 0 radical (unpaired) electrons. The first kappa shape index (κ1) is 18.8. The predicted molar refractivity (Wildman–Crippen MR) is 79.3 cm³/mol. The number of anilines is 1. The lowest BCUT2D eigenvalue weighted by molar-refractivity contribution is -0.759. The number of morpholine rings is 1. The molecule has 2 aliphatic rings. The van der Waals surface area contributed by atoms with Gasteiger partial charge >= 0.3 is 12.0 Å². The second kappa shape index (κ2) is 8.11. The summed E-state index contributed by atoms with van der Waals surface area (Å²) in [7, 11) is 0. The molecule has 13 heteroatoms. The van der Waals surface area contributed by atoms with Crippen LogP contribution in [-0.2, 0) is 14.2 Å². The number of nitrogens with zero attached hydrogens (tertiary/aromatic N) is 3. The Labute approximate surface area is 147 Å². The number of aliphatic hydroxyl groups excluding tert-OH is 4. The van der Waals surface area contributed by atoms with Crippen LogP contribution in [0.3, 0.4) is 0 Å². The standard InChI is InChI=1S/C13H20N4O9/c18-6-7-9(19)10(20)11(21)12(24-7)25-13(22)14-8-5-17(15-26-8)16-1-3-23-4-2-16/h5,7,9-12,18-21H,1-4,6H2/p+1/t7-,9+,10+,11-,12-/m1/s1. The molecule has 3 rings (SSSR count). The van der Waals surface area contributed by atoms with E-state index in [1.165, 1.54) is 11.0 Å². The number of aromatic nitrogens is 2. The van der Waals surface area contributed by atoms with E-state index in [1.807, 2.05) is 5.01 Å². The lowest BCUT2D eigenvalue weighted by atomic mass is 9.99. The van der Waals surface area contributed by atoms with Crippen molar-refractivity contribution in [3.05, 3.63) is 6.20 Å². The molecule has 0 unspecified atom stereocenters. The number of hydrogen-bond acceptors (Lipinski definition) is 11. The maximum absolute atomic E-state index is 11.9. The number of amides is 1. The molecule has 0 aliphatic carbocycles. The average molecular weight is 377 g/mol. The third kappa shape index (κ3) is 4.03. The summed E-state index contributed by atoms with van der Waals surface area (Å²) in [4.78, 5) is 13.3. The Morgan fingerprint density at radius 1 is 1.31 bits per heavy atom. The molecule has 3 heterocycles. The fraction of sp³-hybridized carbons (Fsp3) is 0.769. The molecule has 2 fully saturated rings. The summed E-state index contributed by atoms with van der Waals surface area (Å²) in [6, 6.07) is 0. The van der Waals surface area contributed by atoms with E-state index in [4.69, 9.17) is 23.8 Å². The summed E-state index contributed by atoms with van der Waals surface area (Å²) in [5.41, 5.74) is 0. The molecule has 2 saturated heterocycles. The fourth-order valence-corrected chi connectivity index (χ4v) is 2.59. The first-order valence-electron chi connectivity index (χ1n) is 7.99. The lowest BCUT2D eigenvalue weighted by Gasteiger charge is -2.38. The Morgan fingerprint density at radius 2 is 2.04 bits per heavy atom. The molecule has 26 heavy (non-hydrogen) atoms. The van der Waals surface area contributed by atoms with Gasteiger partial charge in [-0.25, -0.2) is 4.79 Å². The van der Waals surface area contributed by atoms with E-state index in [-0.39, 0.29) is 5.88 Å². The molecule has 5 atom stereocenters. The Balaban J connectivity index is 1.56. The highest BCUT2D eigenvalue weighted by Gasteiger charge is 2.45. The van der Waals surface area contributed by atoms with Crippen molar-refractivity contribution in [1.29, 1.82) is 0 Å². The number of rotatable bonds is 4. The maximum Gasteiger partial charge on any atom is 0.416 e. The van der Waals surface area contributed by atoms with Crippen LogP contribution in [-0.4, -0.2) is 95.4 Å². The number of aliphatic hydroxyl groups is 4. The molecular formula is C13H21N4O9+. The van der Waals surface area contributed by atoms with Gasteiger partial charge in [0.15, 0.2) is 0 Å². The summed E-state index contributed by atoms with van der Waals surface area (Å²) in [6.07, 6.45) is -7.27. The van der Waals surface area contributed by atoms with Gasteiger partial charge in [0.05, 0.1) is 37.7 Å². The van der Waals surface area contributed by atoms with E-state index in [1.54, 1.807) is 0 Å². The minimum Gasteiger partial charge on any atom is -0.416 e. The van der Waals surface area contributed by atoms with Crippen molar-refractivity contribution in [3.63, 3.8) is 0 Å². The van der Waals surface area contributed by atoms with E-state index in [0.29, 0.717) is 26.3 Å². The van der Waals surface area contributed by atoms with E-state index in [0.717, 1.165) is 0 Å². The highest BCUT2D eigenvalue weighted by atomic mass is 16.7. The molecule has 1 amide bonds. The number of hydrogen-bond donors (Lipinski definition) is 5. The van der Waals surface area contributed by atoms with E-state index < -0.39 is 43.4 Å². The van der Waals surface area contributed by atoms with Crippen LogP contribution in [0.4, 0.5) is 10.7 Å². The predicted octanol–water partition coefficient (Wildman–Crippen LogP) is -3.72. The van der Waals surface area contributed by atoms with Gasteiger partial charge in [-0.15, -0.1) is 5.01 Å². The smallest absolute Gasteiger partial charge is 0.416 e. The van der Waals surface area contributed by atoms with Gasteiger partial charge in [0.2, 0.25) is 11.6 Å². The van der Waals surface area contributed by atoms with Gasteiger partial charge in [0.1, 0.15) is 24.4 Å². The number of carbonyl (C=O) groups is 1. The zero-order valence-electron chi connectivity index (χ0n) is 13.7. The summed E-state index contributed by atoms with van der Waals surface area (Å²) < 4.78 is 20.1. The SMILES string of the molecule is O=C(Nc1c[n+](N2CCOCC2)no1)O[C@H]1O[C@H](CO)[C@H](O)[C@H](O)[C@H]1O. The summed E-state index contributed by atoms with van der Waals surface area (Å²) in [6.45, 7) is 1.66. The van der Waals surface area contributed by atoms with Crippen molar-refractivity contribution in [3.8, 4) is 0 Å². The lowest BCUT2D eigenvalue weighted by Crippen LogP contribution is -2.62. The Bertz CT molecular complexity index is 606. The minimum atomic E-state index is -1.69. The molecule has 0 spiro atoms. The second-order valence-corrected chi connectivity index (χ2v) is 5.78. The Morgan fingerprint density at radius 3 is 2.73 bits per heavy atom. The third-order valence-corrected chi connectivity index (χ3v) is 4.03. The largest absolute Gasteiger partial charge is 0.416 e. The van der Waals surface area contributed by atoms with Crippen molar-refractivity contribution >= 4 is 12.0 Å². The molecule has 0 bridgehead atoms. The second-order valence-electron chi connectivity index (χ2n) is 5.78. The topological polar surface area (TPSA) is 171 Å². The zero-order valence-corrected chi connectivity index (χ0v) is 13.7. The number of ether oxygens (including phenoxy) is 3. The van der Waals surface area contributed by atoms with Crippen LogP contribution < -0.4 is 15.1 Å². The molecule has 0 aromatic carbocycles. The Hall–Kier alpha value is -2.03. The van der Waals surface area contributed by atoms with Gasteiger partial charge in [-0.05, 0) is 0 Å². The number of nitrogens with one attached hydrogen (secondary N) is 1. The van der Waals surface area contributed by atoms with Crippen molar-refractivity contribution in [1.82, 2.24) is 5.27 Å². The third-order valence-electron chi connectivity index (χ3n) is 4.03. The number of carbonyl (C=O) groups excluding carboxylic acids is 1. The minimum absolute atomic E-state index is 0.0221. The van der Waals surface area contributed by atoms with Crippen LogP contribution in [0.1, 0.15) is 0 Å². The molecule has 1 aromatic heterocycles. The van der Waals surface area contributed by atoms with Gasteiger partial charge in [0.25, 0.3) is 6.20 Å². The summed E-state index contributed by atoms with van der Waals surface area (Å²) in [5.74, 6) is -0.0221.